The van der Waals surface area contributed by atoms with Crippen molar-refractivity contribution in [3.63, 3.8) is 0 Å². The highest BCUT2D eigenvalue weighted by Gasteiger charge is 2.60. The first-order chi connectivity index (χ1) is 17.6. The number of β-amino-alcohol motifs (C(OH)–C–C–N with tert-alkyl or cyclic N) is 1. The third-order valence-electron chi connectivity index (χ3n) is 10.8. The second-order valence-electron chi connectivity index (χ2n) is 12.5. The van der Waals surface area contributed by atoms with E-state index in [1.54, 1.807) is 0 Å². The number of ketones is 1. The molecule has 8 heteroatoms. The molecule has 0 aromatic rings. The van der Waals surface area contributed by atoms with E-state index in [2.05, 4.69) is 13.8 Å². The Bertz CT molecular complexity index is 1010. The highest BCUT2D eigenvalue weighted by molar-refractivity contribution is 5.91. The predicted molar refractivity (Wildman–Crippen MR) is 134 cm³/mol. The molecule has 1 saturated heterocycles. The summed E-state index contributed by atoms with van der Waals surface area (Å²) in [7, 11) is 1.26. The topological polar surface area (TPSA) is 110 Å². The Kier molecular flexibility index (Phi) is 7.01. The number of hydrogen-bond acceptors (Lipinski definition) is 7. The molecule has 1 heterocycles. The smallest absolute Gasteiger partial charge is 0.328 e. The first kappa shape index (κ1) is 26.4. The Hall–Kier alpha value is -2.22. The van der Waals surface area contributed by atoms with Crippen LogP contribution in [0.1, 0.15) is 84.5 Å². The Labute approximate surface area is 219 Å². The number of aliphatic hydroxyl groups is 1. The molecule has 3 saturated carbocycles. The van der Waals surface area contributed by atoms with E-state index in [-0.39, 0.29) is 60.4 Å². The molecule has 8 nitrogen and oxygen atoms in total. The van der Waals surface area contributed by atoms with Crippen LogP contribution >= 0.6 is 0 Å². The van der Waals surface area contributed by atoms with Gasteiger partial charge in [0.1, 0.15) is 12.1 Å². The molecule has 0 radical (unpaired) electrons. The molecule has 8 atom stereocenters. The number of carbonyl (C=O) groups excluding carboxylic acids is 4. The van der Waals surface area contributed by atoms with Gasteiger partial charge in [-0.2, -0.15) is 0 Å². The zero-order valence-electron chi connectivity index (χ0n) is 22.4. The van der Waals surface area contributed by atoms with Crippen LogP contribution in [0.25, 0.3) is 0 Å². The Morgan fingerprint density at radius 1 is 1.05 bits per heavy atom. The average molecular weight is 516 g/mol. The number of rotatable bonds is 5. The van der Waals surface area contributed by atoms with Gasteiger partial charge in [-0.25, -0.2) is 4.79 Å². The molecule has 1 amide bonds. The van der Waals surface area contributed by atoms with Crippen LogP contribution in [0.2, 0.25) is 0 Å². The van der Waals surface area contributed by atoms with Crippen LogP contribution in [0.15, 0.2) is 11.6 Å². The fourth-order valence-corrected chi connectivity index (χ4v) is 8.72. The van der Waals surface area contributed by atoms with Crippen LogP contribution in [-0.2, 0) is 28.7 Å². The zero-order valence-corrected chi connectivity index (χ0v) is 22.4. The lowest BCUT2D eigenvalue weighted by molar-refractivity contribution is -0.161. The van der Waals surface area contributed by atoms with Crippen molar-refractivity contribution in [3.05, 3.63) is 11.6 Å². The molecule has 4 fully saturated rings. The van der Waals surface area contributed by atoms with Gasteiger partial charge < -0.3 is 19.5 Å². The highest BCUT2D eigenvalue weighted by Crippen LogP contribution is 2.65. The molecule has 1 aliphatic heterocycles. The third kappa shape index (κ3) is 4.53. The Balaban J connectivity index is 1.19. The van der Waals surface area contributed by atoms with Gasteiger partial charge in [0.2, 0.25) is 5.91 Å². The minimum absolute atomic E-state index is 0.0388. The van der Waals surface area contributed by atoms with Crippen LogP contribution in [-0.4, -0.2) is 65.5 Å². The first-order valence-corrected chi connectivity index (χ1v) is 14.1. The molecule has 0 bridgehead atoms. The maximum Gasteiger partial charge on any atom is 0.328 e. The Morgan fingerprint density at radius 3 is 2.59 bits per heavy atom. The summed E-state index contributed by atoms with van der Waals surface area (Å²) in [6, 6.07) is -0.803. The molecule has 204 valence electrons. The molecule has 5 rings (SSSR count). The van der Waals surface area contributed by atoms with Gasteiger partial charge in [-0.1, -0.05) is 19.4 Å². The lowest BCUT2D eigenvalue weighted by Gasteiger charge is -2.57. The van der Waals surface area contributed by atoms with E-state index < -0.39 is 18.1 Å². The van der Waals surface area contributed by atoms with E-state index in [1.165, 1.54) is 17.6 Å². The van der Waals surface area contributed by atoms with Crippen molar-refractivity contribution in [1.29, 1.82) is 0 Å². The summed E-state index contributed by atoms with van der Waals surface area (Å²) < 4.78 is 10.8. The van der Waals surface area contributed by atoms with Gasteiger partial charge in [0.15, 0.2) is 5.78 Å². The van der Waals surface area contributed by atoms with E-state index in [0.29, 0.717) is 24.2 Å². The van der Waals surface area contributed by atoms with Crippen LogP contribution < -0.4 is 0 Å². The van der Waals surface area contributed by atoms with E-state index in [4.69, 9.17) is 9.47 Å². The molecular weight excluding hydrogens is 474 g/mol. The van der Waals surface area contributed by atoms with Gasteiger partial charge >= 0.3 is 11.9 Å². The van der Waals surface area contributed by atoms with Crippen molar-refractivity contribution in [2.45, 2.75) is 103 Å². The second kappa shape index (κ2) is 9.83. The van der Waals surface area contributed by atoms with Crippen molar-refractivity contribution < 1.29 is 33.8 Å². The number of fused-ring (bicyclic) bond motifs is 5. The van der Waals surface area contributed by atoms with Crippen molar-refractivity contribution in [2.75, 3.05) is 13.7 Å². The van der Waals surface area contributed by atoms with Gasteiger partial charge in [0, 0.05) is 31.2 Å². The summed E-state index contributed by atoms with van der Waals surface area (Å²) in [4.78, 5) is 51.0. The maximum absolute atomic E-state index is 12.8. The first-order valence-electron chi connectivity index (χ1n) is 14.1. The molecule has 0 aromatic carbocycles. The Morgan fingerprint density at radius 2 is 1.84 bits per heavy atom. The van der Waals surface area contributed by atoms with Crippen LogP contribution in [0.5, 0.6) is 0 Å². The fraction of sp³-hybridized carbons (Fsp3) is 0.793. The van der Waals surface area contributed by atoms with Gasteiger partial charge in [0.05, 0.1) is 19.6 Å². The van der Waals surface area contributed by atoms with Gasteiger partial charge in [-0.15, -0.1) is 0 Å². The number of methoxy groups -OCH3 is 1. The summed E-state index contributed by atoms with van der Waals surface area (Å²) in [5, 5.41) is 9.93. The number of likely N-dealkylation sites (tertiary alicyclic amines) is 1. The SMILES string of the molecule is COC(=O)[C@H]1C[C@@H](O)CN1C(=O)CCC(=O)O[C@H]1CC[C@H]2[C@H]3CCC4=CC(=O)CC[C@]4(C)[C@@H]3CC[C@]12C. The minimum atomic E-state index is -0.803. The van der Waals surface area contributed by atoms with Gasteiger partial charge in [-0.05, 0) is 74.2 Å². The van der Waals surface area contributed by atoms with E-state index in [0.717, 1.165) is 44.9 Å². The van der Waals surface area contributed by atoms with E-state index in [1.807, 2.05) is 6.08 Å². The molecule has 0 aromatic heterocycles. The molecule has 1 N–H and O–H groups in total. The molecular formula is C29H41NO7. The van der Waals surface area contributed by atoms with Crippen LogP contribution in [0, 0.1) is 28.6 Å². The summed E-state index contributed by atoms with van der Waals surface area (Å²) in [5.74, 6) is 0.703. The second-order valence-corrected chi connectivity index (χ2v) is 12.5. The predicted octanol–water partition coefficient (Wildman–Crippen LogP) is 3.35. The van der Waals surface area contributed by atoms with E-state index >= 15 is 0 Å². The number of allylic oxidation sites excluding steroid dienone is 1. The maximum atomic E-state index is 12.8. The lowest BCUT2D eigenvalue weighted by atomic mass is 9.47. The summed E-state index contributed by atoms with van der Waals surface area (Å²) in [6.45, 7) is 4.73. The fourth-order valence-electron chi connectivity index (χ4n) is 8.72. The lowest BCUT2D eigenvalue weighted by Crippen LogP contribution is -2.51. The number of amides is 1. The number of esters is 2. The molecule has 0 unspecified atom stereocenters. The quantitative estimate of drug-likeness (QED) is 0.559. The van der Waals surface area contributed by atoms with Crippen molar-refractivity contribution in [1.82, 2.24) is 4.90 Å². The summed E-state index contributed by atoms with van der Waals surface area (Å²) >= 11 is 0. The van der Waals surface area contributed by atoms with Gasteiger partial charge in [0.25, 0.3) is 0 Å². The third-order valence-corrected chi connectivity index (χ3v) is 10.8. The number of ether oxygens (including phenoxy) is 2. The molecule has 0 spiro atoms. The number of carbonyl (C=O) groups is 4. The minimum Gasteiger partial charge on any atom is -0.467 e. The van der Waals surface area contributed by atoms with Gasteiger partial charge in [-0.3, -0.25) is 14.4 Å². The average Bonchev–Trinajstić information content (AvgIpc) is 3.42. The molecule has 4 aliphatic carbocycles. The number of hydrogen-bond donors (Lipinski definition) is 1. The number of aliphatic hydroxyl groups excluding tert-OH is 1. The van der Waals surface area contributed by atoms with Crippen LogP contribution in [0.3, 0.4) is 0 Å². The van der Waals surface area contributed by atoms with E-state index in [9.17, 15) is 24.3 Å². The normalized spacial score (nSPS) is 40.8. The molecule has 5 aliphatic rings. The summed E-state index contributed by atoms with van der Waals surface area (Å²) in [6.07, 6.45) is 8.81. The standard InChI is InChI=1S/C29H41NO7/c1-28-12-10-18(31)14-17(28)4-5-20-21-6-7-24(29(21,2)13-11-22(20)28)37-26(34)9-8-25(33)30-16-19(32)15-23(30)27(35)36-3/h14,19-24,32H,4-13,15-16H2,1-3H3/t19-,20-,21+,22-,23-,24+,28+,29+/m1/s1. The monoisotopic (exact) mass is 515 g/mol. The number of nitrogens with zero attached hydrogens (tertiary/aromatic N) is 1. The van der Waals surface area contributed by atoms with Crippen molar-refractivity contribution >= 4 is 23.6 Å². The van der Waals surface area contributed by atoms with Crippen LogP contribution in [0.4, 0.5) is 0 Å². The van der Waals surface area contributed by atoms with Crippen molar-refractivity contribution in [3.8, 4) is 0 Å². The summed E-state index contributed by atoms with van der Waals surface area (Å²) in [5.41, 5.74) is 1.43. The van der Waals surface area contributed by atoms with Crippen molar-refractivity contribution in [2.24, 2.45) is 28.6 Å². The molecule has 37 heavy (non-hydrogen) atoms. The largest absolute Gasteiger partial charge is 0.467 e. The highest BCUT2D eigenvalue weighted by atomic mass is 16.5. The zero-order chi connectivity index (χ0) is 26.5.